The van der Waals surface area contributed by atoms with E-state index < -0.39 is 54.8 Å². The highest BCUT2D eigenvalue weighted by molar-refractivity contribution is 5.17. The van der Waals surface area contributed by atoms with Gasteiger partial charge in [-0.3, -0.25) is 0 Å². The third kappa shape index (κ3) is 3.60. The smallest absolute Gasteiger partial charge is 0.381 e. The van der Waals surface area contributed by atoms with Crippen molar-refractivity contribution in [1.82, 2.24) is 0 Å². The van der Waals surface area contributed by atoms with E-state index in [-0.39, 0.29) is 30.6 Å². The predicted octanol–water partition coefficient (Wildman–Crippen LogP) is 3.98. The second-order valence-electron chi connectivity index (χ2n) is 8.45. The summed E-state index contributed by atoms with van der Waals surface area (Å²) in [5, 5.41) is 19.2. The van der Waals surface area contributed by atoms with Gasteiger partial charge < -0.3 is 14.9 Å². The molecule has 6 unspecified atom stereocenters. The monoisotopic (exact) mass is 430 g/mol. The zero-order valence-electron chi connectivity index (χ0n) is 14.5. The van der Waals surface area contributed by atoms with E-state index in [1.54, 1.807) is 0 Å². The summed E-state index contributed by atoms with van der Waals surface area (Å²) >= 11 is 0. The van der Waals surface area contributed by atoms with Gasteiger partial charge in [0, 0.05) is 12.8 Å². The van der Waals surface area contributed by atoms with Crippen molar-refractivity contribution in [3.05, 3.63) is 0 Å². The third-order valence-corrected chi connectivity index (χ3v) is 6.38. The van der Waals surface area contributed by atoms with Gasteiger partial charge in [0.15, 0.2) is 17.3 Å². The average Bonchev–Trinajstić information content (AvgIpc) is 2.81. The van der Waals surface area contributed by atoms with Gasteiger partial charge in [-0.15, -0.1) is 0 Å². The Balaban J connectivity index is 1.82. The summed E-state index contributed by atoms with van der Waals surface area (Å²) < 4.78 is 123. The number of alkyl halides is 9. The van der Waals surface area contributed by atoms with Crippen LogP contribution in [0.3, 0.4) is 0 Å². The van der Waals surface area contributed by atoms with Crippen LogP contribution in [0.1, 0.15) is 32.6 Å². The average molecular weight is 430 g/mol. The minimum atomic E-state index is -5.85. The van der Waals surface area contributed by atoms with Crippen molar-refractivity contribution in [3.8, 4) is 0 Å². The molecule has 0 heterocycles. The molecular formula is C16H19F9O3. The Hall–Kier alpha value is -0.750. The Bertz CT molecular complexity index is 598. The Morgan fingerprint density at radius 3 is 1.71 bits per heavy atom. The van der Waals surface area contributed by atoms with Crippen molar-refractivity contribution in [1.29, 1.82) is 0 Å². The molecule has 4 fully saturated rings. The molecule has 12 heteroatoms. The molecule has 3 nitrogen and oxygen atoms in total. The molecule has 164 valence electrons. The Morgan fingerprint density at radius 2 is 1.39 bits per heavy atom. The molecule has 4 rings (SSSR count). The van der Waals surface area contributed by atoms with Crippen LogP contribution in [0.15, 0.2) is 0 Å². The van der Waals surface area contributed by atoms with Gasteiger partial charge in [0.05, 0.1) is 6.10 Å². The standard InChI is InChI=1S/C16H19F9O3/c1-12(26,15(20,21)22)5-13(27,16(23,24)25)4-9(14(17,18)19)28-11-6-2-7-8(3-6)10(7)11/h6-11,26-27H,2-5H2,1H3. The molecule has 4 saturated carbocycles. The van der Waals surface area contributed by atoms with Gasteiger partial charge in [-0.25, -0.2) is 0 Å². The van der Waals surface area contributed by atoms with E-state index in [1.165, 1.54) is 0 Å². The van der Waals surface area contributed by atoms with Crippen LogP contribution in [0, 0.1) is 23.7 Å². The first kappa shape index (κ1) is 21.9. The van der Waals surface area contributed by atoms with Crippen LogP contribution in [-0.4, -0.2) is 52.2 Å². The summed E-state index contributed by atoms with van der Waals surface area (Å²) in [5.74, 6) is -0.0121. The molecule has 4 aliphatic carbocycles. The molecular weight excluding hydrogens is 411 g/mol. The largest absolute Gasteiger partial charge is 0.417 e. The molecule has 4 aliphatic rings. The van der Waals surface area contributed by atoms with Crippen LogP contribution in [0.5, 0.6) is 0 Å². The fourth-order valence-corrected chi connectivity index (χ4v) is 4.90. The van der Waals surface area contributed by atoms with Crippen molar-refractivity contribution in [2.24, 2.45) is 23.7 Å². The fraction of sp³-hybridized carbons (Fsp3) is 1.00. The van der Waals surface area contributed by atoms with Gasteiger partial charge in [0.25, 0.3) is 0 Å². The lowest BCUT2D eigenvalue weighted by Crippen LogP contribution is -2.58. The SMILES string of the molecule is CC(O)(CC(O)(CC(OC1C2CC3C(C2)C31)C(F)(F)F)C(F)(F)F)C(F)(F)F. The maximum atomic E-state index is 13.4. The highest BCUT2D eigenvalue weighted by Crippen LogP contribution is 2.71. The summed E-state index contributed by atoms with van der Waals surface area (Å²) in [5.41, 5.74) is -8.50. The molecule has 28 heavy (non-hydrogen) atoms. The highest BCUT2D eigenvalue weighted by Gasteiger charge is 2.71. The molecule has 0 radical (unpaired) electrons. The van der Waals surface area contributed by atoms with E-state index in [4.69, 9.17) is 4.74 Å². The lowest BCUT2D eigenvalue weighted by Gasteiger charge is -2.40. The maximum Gasteiger partial charge on any atom is 0.417 e. The van der Waals surface area contributed by atoms with Gasteiger partial charge >= 0.3 is 18.5 Å². The van der Waals surface area contributed by atoms with Crippen LogP contribution >= 0.6 is 0 Å². The number of hydrogen-bond donors (Lipinski definition) is 2. The summed E-state index contributed by atoms with van der Waals surface area (Å²) in [6.07, 6.45) is -24.1. The molecule has 0 saturated heterocycles. The summed E-state index contributed by atoms with van der Waals surface area (Å²) in [6.45, 7) is -0.0340. The van der Waals surface area contributed by atoms with E-state index in [0.717, 1.165) is 0 Å². The van der Waals surface area contributed by atoms with Gasteiger partial charge in [-0.2, -0.15) is 39.5 Å². The van der Waals surface area contributed by atoms with Crippen LogP contribution in [-0.2, 0) is 4.74 Å². The fourth-order valence-electron chi connectivity index (χ4n) is 4.90. The normalized spacial score (nSPS) is 37.5. The first-order valence-corrected chi connectivity index (χ1v) is 8.68. The molecule has 2 N–H and O–H groups in total. The number of ether oxygens (including phenoxy) is 1. The second kappa shape index (κ2) is 6.13. The topological polar surface area (TPSA) is 49.7 Å². The summed E-state index contributed by atoms with van der Waals surface area (Å²) in [7, 11) is 0. The van der Waals surface area contributed by atoms with Gasteiger partial charge in [-0.1, -0.05) is 0 Å². The lowest BCUT2D eigenvalue weighted by atomic mass is 9.82. The molecule has 6 atom stereocenters. The molecule has 4 bridgehead atoms. The van der Waals surface area contributed by atoms with Crippen LogP contribution in [0.25, 0.3) is 0 Å². The van der Waals surface area contributed by atoms with Crippen molar-refractivity contribution in [2.45, 2.75) is 74.5 Å². The van der Waals surface area contributed by atoms with Crippen molar-refractivity contribution in [3.63, 3.8) is 0 Å². The minimum Gasteiger partial charge on any atom is -0.381 e. The molecule has 0 spiro atoms. The van der Waals surface area contributed by atoms with E-state index in [2.05, 4.69) is 0 Å². The van der Waals surface area contributed by atoms with Gasteiger partial charge in [-0.05, 0) is 43.4 Å². The van der Waals surface area contributed by atoms with E-state index >= 15 is 0 Å². The third-order valence-electron chi connectivity index (χ3n) is 6.38. The summed E-state index contributed by atoms with van der Waals surface area (Å²) in [4.78, 5) is 0. The Morgan fingerprint density at radius 1 is 0.893 bits per heavy atom. The maximum absolute atomic E-state index is 13.4. The Kier molecular flexibility index (Phi) is 4.81. The number of aliphatic hydroxyl groups is 2. The first-order valence-electron chi connectivity index (χ1n) is 8.68. The second-order valence-corrected chi connectivity index (χ2v) is 8.45. The quantitative estimate of drug-likeness (QED) is 0.627. The number of rotatable bonds is 6. The number of halogens is 9. The van der Waals surface area contributed by atoms with Crippen molar-refractivity contribution < 1.29 is 54.5 Å². The molecule has 0 aliphatic heterocycles. The summed E-state index contributed by atoms with van der Waals surface area (Å²) in [6, 6.07) is 0. The molecule has 0 aromatic rings. The van der Waals surface area contributed by atoms with Crippen LogP contribution < -0.4 is 0 Å². The molecule has 0 aromatic heterocycles. The van der Waals surface area contributed by atoms with E-state index in [0.29, 0.717) is 12.8 Å². The van der Waals surface area contributed by atoms with E-state index in [9.17, 15) is 49.7 Å². The van der Waals surface area contributed by atoms with Gasteiger partial charge in [0.2, 0.25) is 0 Å². The Labute approximate surface area is 153 Å². The molecule has 0 aromatic carbocycles. The minimum absolute atomic E-state index is 0.0340. The predicted molar refractivity (Wildman–Crippen MR) is 74.8 cm³/mol. The van der Waals surface area contributed by atoms with Crippen LogP contribution in [0.4, 0.5) is 39.5 Å². The first-order chi connectivity index (χ1) is 12.4. The van der Waals surface area contributed by atoms with Gasteiger partial charge in [0.1, 0.15) is 0 Å². The van der Waals surface area contributed by atoms with Crippen molar-refractivity contribution in [2.75, 3.05) is 0 Å². The van der Waals surface area contributed by atoms with E-state index in [1.807, 2.05) is 0 Å². The van der Waals surface area contributed by atoms with Crippen LogP contribution in [0.2, 0.25) is 0 Å². The zero-order valence-corrected chi connectivity index (χ0v) is 14.5. The number of hydrogen-bond acceptors (Lipinski definition) is 3. The lowest BCUT2D eigenvalue weighted by molar-refractivity contribution is -0.329. The zero-order chi connectivity index (χ0) is 21.5. The van der Waals surface area contributed by atoms with Crippen molar-refractivity contribution >= 4 is 0 Å². The molecule has 0 amide bonds. The highest BCUT2D eigenvalue weighted by atomic mass is 19.4.